The van der Waals surface area contributed by atoms with Gasteiger partial charge in [0, 0.05) is 24.1 Å². The van der Waals surface area contributed by atoms with Crippen molar-refractivity contribution in [2.24, 2.45) is 5.73 Å². The molecule has 3 rings (SSSR count). The molecule has 25 heavy (non-hydrogen) atoms. The normalized spacial score (nSPS) is 10.6. The minimum absolute atomic E-state index is 0.117. The van der Waals surface area contributed by atoms with E-state index in [2.05, 4.69) is 15.3 Å². The molecule has 1 aromatic heterocycles. The van der Waals surface area contributed by atoms with Crippen molar-refractivity contribution in [3.8, 4) is 0 Å². The zero-order valence-electron chi connectivity index (χ0n) is 13.3. The van der Waals surface area contributed by atoms with E-state index < -0.39 is 5.91 Å². The number of anilines is 1. The Balaban J connectivity index is 1.65. The number of primary amides is 1. The Morgan fingerprint density at radius 2 is 1.80 bits per heavy atom. The van der Waals surface area contributed by atoms with Gasteiger partial charge in [0.2, 0.25) is 11.8 Å². The lowest BCUT2D eigenvalue weighted by Crippen LogP contribution is -2.19. The number of H-pyrrole nitrogens is 1. The van der Waals surface area contributed by atoms with Gasteiger partial charge in [0.25, 0.3) is 5.56 Å². The number of rotatable bonds is 5. The van der Waals surface area contributed by atoms with Crippen LogP contribution >= 0.6 is 0 Å². The van der Waals surface area contributed by atoms with E-state index >= 15 is 0 Å². The number of para-hydroxylation sites is 2. The summed E-state index contributed by atoms with van der Waals surface area (Å²) in [6, 6.07) is 13.5. The van der Waals surface area contributed by atoms with Gasteiger partial charge in [-0.1, -0.05) is 12.1 Å². The Labute approximate surface area is 142 Å². The fourth-order valence-electron chi connectivity index (χ4n) is 2.41. The summed E-state index contributed by atoms with van der Waals surface area (Å²) >= 11 is 0. The quantitative estimate of drug-likeness (QED) is 0.655. The number of benzene rings is 2. The Hall–Kier alpha value is -3.48. The lowest BCUT2D eigenvalue weighted by atomic mass is 10.2. The highest BCUT2D eigenvalue weighted by atomic mass is 16.2. The first-order valence-corrected chi connectivity index (χ1v) is 7.70. The Morgan fingerprint density at radius 1 is 1.08 bits per heavy atom. The van der Waals surface area contributed by atoms with Crippen LogP contribution in [0.3, 0.4) is 0 Å². The second-order valence-electron chi connectivity index (χ2n) is 5.52. The summed E-state index contributed by atoms with van der Waals surface area (Å²) in [6.07, 6.45) is 0.345. The number of aromatic nitrogens is 2. The van der Waals surface area contributed by atoms with Crippen LogP contribution in [0.25, 0.3) is 11.0 Å². The van der Waals surface area contributed by atoms with Crippen molar-refractivity contribution in [1.82, 2.24) is 9.97 Å². The largest absolute Gasteiger partial charge is 0.366 e. The molecule has 0 radical (unpaired) electrons. The summed E-state index contributed by atoms with van der Waals surface area (Å²) in [6.45, 7) is 0. The number of hydrogen-bond donors (Lipinski definition) is 3. The molecule has 0 unspecified atom stereocenters. The fourth-order valence-corrected chi connectivity index (χ4v) is 2.41. The SMILES string of the molecule is NC(=O)c1ccc(NC(=O)CCc2nc3ccccc3[nH]c2=O)cc1. The number of aromatic amines is 1. The van der Waals surface area contributed by atoms with Gasteiger partial charge in [-0.25, -0.2) is 4.98 Å². The molecule has 0 saturated carbocycles. The zero-order valence-corrected chi connectivity index (χ0v) is 13.3. The van der Waals surface area contributed by atoms with Crippen LogP contribution in [0.4, 0.5) is 5.69 Å². The van der Waals surface area contributed by atoms with Crippen LogP contribution < -0.4 is 16.6 Å². The molecule has 1 heterocycles. The summed E-state index contributed by atoms with van der Waals surface area (Å²) in [5.74, 6) is -0.777. The molecule has 0 saturated heterocycles. The molecular formula is C18H16N4O3. The minimum atomic E-state index is -0.528. The molecule has 0 atom stereocenters. The van der Waals surface area contributed by atoms with Crippen molar-refractivity contribution in [3.63, 3.8) is 0 Å². The summed E-state index contributed by atoms with van der Waals surface area (Å²) in [5.41, 5.74) is 7.45. The highest BCUT2D eigenvalue weighted by Gasteiger charge is 2.09. The summed E-state index contributed by atoms with van der Waals surface area (Å²) in [5, 5.41) is 2.70. The maximum absolute atomic E-state index is 12.0. The van der Waals surface area contributed by atoms with Crippen molar-refractivity contribution in [2.45, 2.75) is 12.8 Å². The number of nitrogens with two attached hydrogens (primary N) is 1. The van der Waals surface area contributed by atoms with Crippen LogP contribution in [0, 0.1) is 0 Å². The first-order chi connectivity index (χ1) is 12.0. The van der Waals surface area contributed by atoms with Crippen molar-refractivity contribution in [2.75, 3.05) is 5.32 Å². The maximum Gasteiger partial charge on any atom is 0.270 e. The van der Waals surface area contributed by atoms with Crippen molar-refractivity contribution < 1.29 is 9.59 Å². The van der Waals surface area contributed by atoms with Crippen molar-refractivity contribution in [3.05, 3.63) is 70.1 Å². The zero-order chi connectivity index (χ0) is 17.8. The number of fused-ring (bicyclic) bond motifs is 1. The van der Waals surface area contributed by atoms with E-state index in [-0.39, 0.29) is 24.3 Å². The molecule has 0 aliphatic carbocycles. The van der Waals surface area contributed by atoms with Crippen molar-refractivity contribution in [1.29, 1.82) is 0 Å². The third-order valence-corrected chi connectivity index (χ3v) is 3.71. The minimum Gasteiger partial charge on any atom is -0.366 e. The van der Waals surface area contributed by atoms with E-state index in [1.807, 2.05) is 12.1 Å². The van der Waals surface area contributed by atoms with E-state index in [4.69, 9.17) is 5.73 Å². The van der Waals surface area contributed by atoms with Gasteiger partial charge >= 0.3 is 0 Å². The third-order valence-electron chi connectivity index (χ3n) is 3.71. The van der Waals surface area contributed by atoms with Gasteiger partial charge in [-0.3, -0.25) is 14.4 Å². The molecule has 7 heteroatoms. The molecule has 126 valence electrons. The van der Waals surface area contributed by atoms with Crippen LogP contribution in [0.5, 0.6) is 0 Å². The average Bonchev–Trinajstić information content (AvgIpc) is 2.60. The van der Waals surface area contributed by atoms with Crippen LogP contribution in [-0.2, 0) is 11.2 Å². The maximum atomic E-state index is 12.0. The van der Waals surface area contributed by atoms with E-state index in [1.165, 1.54) is 12.1 Å². The molecular weight excluding hydrogens is 320 g/mol. The smallest absolute Gasteiger partial charge is 0.270 e. The molecule has 2 amide bonds. The van der Waals surface area contributed by atoms with Gasteiger partial charge in [0.05, 0.1) is 11.0 Å². The fraction of sp³-hybridized carbons (Fsp3) is 0.111. The molecule has 2 aromatic carbocycles. The first kappa shape index (κ1) is 16.4. The molecule has 0 aliphatic heterocycles. The summed E-state index contributed by atoms with van der Waals surface area (Å²) in [4.78, 5) is 42.1. The lowest BCUT2D eigenvalue weighted by Gasteiger charge is -2.06. The number of nitrogens with one attached hydrogen (secondary N) is 2. The third kappa shape index (κ3) is 3.89. The number of carbonyl (C=O) groups excluding carboxylic acids is 2. The molecule has 0 aliphatic rings. The Morgan fingerprint density at radius 3 is 2.52 bits per heavy atom. The number of carbonyl (C=O) groups is 2. The standard InChI is InChI=1S/C18H16N4O3/c19-17(24)11-5-7-12(8-6-11)20-16(23)10-9-15-18(25)22-14-4-2-1-3-13(14)21-15/h1-8H,9-10H2,(H2,19,24)(H,20,23)(H,22,25). The number of aryl methyl sites for hydroxylation is 1. The highest BCUT2D eigenvalue weighted by Crippen LogP contribution is 2.11. The Kier molecular flexibility index (Phi) is 4.56. The second-order valence-corrected chi connectivity index (χ2v) is 5.52. The van der Waals surface area contributed by atoms with E-state index in [9.17, 15) is 14.4 Å². The molecule has 7 nitrogen and oxygen atoms in total. The van der Waals surface area contributed by atoms with Crippen molar-refractivity contribution >= 4 is 28.5 Å². The van der Waals surface area contributed by atoms with E-state index in [1.54, 1.807) is 24.3 Å². The number of amides is 2. The molecule has 0 spiro atoms. The number of hydrogen-bond acceptors (Lipinski definition) is 4. The highest BCUT2D eigenvalue weighted by molar-refractivity contribution is 5.94. The predicted molar refractivity (Wildman–Crippen MR) is 94.3 cm³/mol. The molecule has 0 fully saturated rings. The van der Waals surface area contributed by atoms with E-state index in [0.717, 1.165) is 0 Å². The van der Waals surface area contributed by atoms with Crippen LogP contribution in [-0.4, -0.2) is 21.8 Å². The lowest BCUT2D eigenvalue weighted by molar-refractivity contribution is -0.116. The first-order valence-electron chi connectivity index (χ1n) is 7.70. The van der Waals surface area contributed by atoms with E-state index in [0.29, 0.717) is 28.0 Å². The van der Waals surface area contributed by atoms with Gasteiger partial charge in [-0.2, -0.15) is 0 Å². The van der Waals surface area contributed by atoms with Gasteiger partial charge < -0.3 is 16.0 Å². The van der Waals surface area contributed by atoms with Gasteiger partial charge in [0.15, 0.2) is 0 Å². The molecule has 0 bridgehead atoms. The van der Waals surface area contributed by atoms with Gasteiger partial charge in [-0.15, -0.1) is 0 Å². The van der Waals surface area contributed by atoms with Gasteiger partial charge in [0.1, 0.15) is 5.69 Å². The summed E-state index contributed by atoms with van der Waals surface area (Å²) in [7, 11) is 0. The molecule has 3 aromatic rings. The average molecular weight is 336 g/mol. The second kappa shape index (κ2) is 6.96. The number of nitrogens with zero attached hydrogens (tertiary/aromatic N) is 1. The van der Waals surface area contributed by atoms with Crippen LogP contribution in [0.2, 0.25) is 0 Å². The summed E-state index contributed by atoms with van der Waals surface area (Å²) < 4.78 is 0. The van der Waals surface area contributed by atoms with Gasteiger partial charge in [-0.05, 0) is 36.4 Å². The predicted octanol–water partition coefficient (Wildman–Crippen LogP) is 1.59. The monoisotopic (exact) mass is 336 g/mol. The van der Waals surface area contributed by atoms with Crippen LogP contribution in [0.1, 0.15) is 22.5 Å². The topological polar surface area (TPSA) is 118 Å². The Bertz CT molecular complexity index is 993. The molecule has 4 N–H and O–H groups in total. The van der Waals surface area contributed by atoms with Crippen LogP contribution in [0.15, 0.2) is 53.3 Å².